The molecule has 4 aromatic rings. The minimum absolute atomic E-state index is 0.0144. The van der Waals surface area contributed by atoms with Gasteiger partial charge in [-0.25, -0.2) is 9.78 Å². The number of phenolic OH excluding ortho intramolecular Hbond substituents is 1. The number of carbonyl (C=O) groups is 2. The Morgan fingerprint density at radius 3 is 2.59 bits per heavy atom. The Morgan fingerprint density at radius 1 is 1.06 bits per heavy atom. The number of nitrogens with two attached hydrogens (primary N) is 1. The first-order valence-corrected chi connectivity index (χ1v) is 11.0. The SMILES string of the molecule is N#Cc1c(-c2cccc(CNC(N)=O)c2)cc(-c2ccccc2O)nc1NC(=O)c1cccs1. The summed E-state index contributed by atoms with van der Waals surface area (Å²) in [6, 6.07) is 20.5. The number of carbonyl (C=O) groups excluding carboxylic acids is 2. The van der Waals surface area contributed by atoms with E-state index < -0.39 is 11.9 Å². The summed E-state index contributed by atoms with van der Waals surface area (Å²) in [6.07, 6.45) is 0. The molecule has 0 bridgehead atoms. The van der Waals surface area contributed by atoms with Gasteiger partial charge in [0, 0.05) is 17.7 Å². The van der Waals surface area contributed by atoms with Crippen molar-refractivity contribution in [1.29, 1.82) is 5.26 Å². The fourth-order valence-corrected chi connectivity index (χ4v) is 4.04. The molecule has 0 aliphatic carbocycles. The summed E-state index contributed by atoms with van der Waals surface area (Å²) in [5.74, 6) is -0.295. The second kappa shape index (κ2) is 9.85. The van der Waals surface area contributed by atoms with Crippen LogP contribution in [0.5, 0.6) is 5.75 Å². The van der Waals surface area contributed by atoms with Crippen LogP contribution in [0.3, 0.4) is 0 Å². The minimum atomic E-state index is -0.646. The zero-order valence-electron chi connectivity index (χ0n) is 17.8. The van der Waals surface area contributed by atoms with Gasteiger partial charge in [-0.05, 0) is 46.8 Å². The van der Waals surface area contributed by atoms with Crippen LogP contribution in [0.25, 0.3) is 22.4 Å². The van der Waals surface area contributed by atoms with Crippen molar-refractivity contribution in [2.24, 2.45) is 5.73 Å². The Kier molecular flexibility index (Phi) is 6.52. The van der Waals surface area contributed by atoms with Crippen molar-refractivity contribution in [2.75, 3.05) is 5.32 Å². The molecule has 5 N–H and O–H groups in total. The van der Waals surface area contributed by atoms with Crippen LogP contribution in [-0.2, 0) is 6.54 Å². The predicted molar refractivity (Wildman–Crippen MR) is 130 cm³/mol. The number of hydrogen-bond acceptors (Lipinski definition) is 6. The van der Waals surface area contributed by atoms with E-state index in [4.69, 9.17) is 5.73 Å². The molecule has 3 amide bonds. The van der Waals surface area contributed by atoms with Crippen molar-refractivity contribution < 1.29 is 14.7 Å². The molecule has 34 heavy (non-hydrogen) atoms. The summed E-state index contributed by atoms with van der Waals surface area (Å²) < 4.78 is 0. The highest BCUT2D eigenvalue weighted by molar-refractivity contribution is 7.12. The van der Waals surface area contributed by atoms with E-state index in [2.05, 4.69) is 21.7 Å². The molecule has 0 radical (unpaired) electrons. The van der Waals surface area contributed by atoms with Crippen LogP contribution in [0, 0.1) is 11.3 Å². The lowest BCUT2D eigenvalue weighted by molar-refractivity contribution is 0.103. The third kappa shape index (κ3) is 4.87. The molecule has 0 saturated heterocycles. The number of para-hydroxylation sites is 1. The molecule has 0 spiro atoms. The maximum atomic E-state index is 12.8. The van der Waals surface area contributed by atoms with E-state index in [0.717, 1.165) is 5.56 Å². The second-order valence-electron chi connectivity index (χ2n) is 7.26. The average molecular weight is 470 g/mol. The Bertz CT molecular complexity index is 1410. The zero-order chi connectivity index (χ0) is 24.1. The number of nitriles is 1. The Morgan fingerprint density at radius 2 is 1.88 bits per heavy atom. The van der Waals surface area contributed by atoms with E-state index in [1.807, 2.05) is 18.2 Å². The van der Waals surface area contributed by atoms with Gasteiger partial charge >= 0.3 is 6.03 Å². The highest BCUT2D eigenvalue weighted by atomic mass is 32.1. The molecule has 0 aliphatic heterocycles. The fourth-order valence-electron chi connectivity index (χ4n) is 3.42. The van der Waals surface area contributed by atoms with Crippen LogP contribution < -0.4 is 16.4 Å². The molecule has 0 atom stereocenters. The molecule has 8 nitrogen and oxygen atoms in total. The zero-order valence-corrected chi connectivity index (χ0v) is 18.6. The number of phenols is 1. The number of urea groups is 1. The lowest BCUT2D eigenvalue weighted by atomic mass is 9.96. The number of thiophene rings is 1. The fraction of sp³-hybridized carbons (Fsp3) is 0.0400. The number of benzene rings is 2. The van der Waals surface area contributed by atoms with Crippen molar-refractivity contribution in [3.8, 4) is 34.2 Å². The second-order valence-corrected chi connectivity index (χ2v) is 8.20. The topological polar surface area (TPSA) is 141 Å². The van der Waals surface area contributed by atoms with E-state index >= 15 is 0 Å². The maximum absolute atomic E-state index is 12.8. The number of aromatic hydroxyl groups is 1. The smallest absolute Gasteiger partial charge is 0.312 e. The lowest BCUT2D eigenvalue weighted by Gasteiger charge is -2.14. The van der Waals surface area contributed by atoms with Gasteiger partial charge in [0.05, 0.1) is 10.6 Å². The van der Waals surface area contributed by atoms with Gasteiger partial charge in [-0.3, -0.25) is 4.79 Å². The molecule has 4 rings (SSSR count). The third-order valence-electron chi connectivity index (χ3n) is 4.99. The van der Waals surface area contributed by atoms with E-state index in [0.29, 0.717) is 27.3 Å². The van der Waals surface area contributed by atoms with Crippen molar-refractivity contribution >= 4 is 29.1 Å². The number of hydrogen-bond donors (Lipinski definition) is 4. The molecule has 2 aromatic carbocycles. The van der Waals surface area contributed by atoms with Crippen molar-refractivity contribution in [1.82, 2.24) is 10.3 Å². The third-order valence-corrected chi connectivity index (χ3v) is 5.86. The Hall–Kier alpha value is -4.68. The molecule has 9 heteroatoms. The molecule has 0 saturated carbocycles. The van der Waals surface area contributed by atoms with Crippen LogP contribution in [0.2, 0.25) is 0 Å². The van der Waals surface area contributed by atoms with Crippen LogP contribution in [-0.4, -0.2) is 22.0 Å². The molecule has 0 aliphatic rings. The van der Waals surface area contributed by atoms with Gasteiger partial charge < -0.3 is 21.5 Å². The first-order chi connectivity index (χ1) is 16.5. The molecule has 2 heterocycles. The summed E-state index contributed by atoms with van der Waals surface area (Å²) in [5, 5.41) is 27.5. The standard InChI is InChI=1S/C25H19N5O3S/c26-13-19-18(16-6-3-5-15(11-16)14-28-25(27)33)12-20(17-7-1-2-8-21(17)31)29-23(19)30-24(32)22-9-4-10-34-22/h1-12,31H,14H2,(H3,27,28,33)(H,29,30,32). The van der Waals surface area contributed by atoms with Crippen LogP contribution >= 0.6 is 11.3 Å². The van der Waals surface area contributed by atoms with Gasteiger partial charge in [-0.1, -0.05) is 36.4 Å². The quantitative estimate of drug-likeness (QED) is 0.330. The molecule has 168 valence electrons. The highest BCUT2D eigenvalue weighted by Crippen LogP contribution is 2.35. The highest BCUT2D eigenvalue weighted by Gasteiger charge is 2.19. The molecule has 0 unspecified atom stereocenters. The van der Waals surface area contributed by atoms with Gasteiger partial charge in [0.25, 0.3) is 5.91 Å². The average Bonchev–Trinajstić information content (AvgIpc) is 3.38. The first kappa shape index (κ1) is 22.5. The van der Waals surface area contributed by atoms with Crippen LogP contribution in [0.4, 0.5) is 10.6 Å². The Balaban J connectivity index is 1.86. The van der Waals surface area contributed by atoms with Gasteiger partial charge in [0.15, 0.2) is 5.82 Å². The van der Waals surface area contributed by atoms with E-state index in [-0.39, 0.29) is 23.7 Å². The van der Waals surface area contributed by atoms with E-state index in [1.54, 1.807) is 47.8 Å². The summed E-state index contributed by atoms with van der Waals surface area (Å²) in [6.45, 7) is 0.213. The van der Waals surface area contributed by atoms with E-state index in [1.165, 1.54) is 17.4 Å². The molecular weight excluding hydrogens is 450 g/mol. The number of amides is 3. The van der Waals surface area contributed by atoms with Crippen LogP contribution in [0.1, 0.15) is 20.8 Å². The van der Waals surface area contributed by atoms with Crippen molar-refractivity contribution in [2.45, 2.75) is 6.54 Å². The maximum Gasteiger partial charge on any atom is 0.312 e. The predicted octanol–water partition coefficient (Wildman–Crippen LogP) is 4.47. The van der Waals surface area contributed by atoms with Gasteiger partial charge in [-0.15, -0.1) is 11.3 Å². The molecular formula is C25H19N5O3S. The number of aromatic nitrogens is 1. The largest absolute Gasteiger partial charge is 0.507 e. The number of rotatable bonds is 6. The summed E-state index contributed by atoms with van der Waals surface area (Å²) in [7, 11) is 0. The summed E-state index contributed by atoms with van der Waals surface area (Å²) in [4.78, 5) is 28.8. The monoisotopic (exact) mass is 469 g/mol. The number of anilines is 1. The normalized spacial score (nSPS) is 10.3. The summed E-state index contributed by atoms with van der Waals surface area (Å²) in [5.41, 5.74) is 8.13. The molecule has 2 aromatic heterocycles. The van der Waals surface area contributed by atoms with Gasteiger partial charge in [-0.2, -0.15) is 5.26 Å². The number of pyridine rings is 1. The van der Waals surface area contributed by atoms with Crippen molar-refractivity contribution in [3.63, 3.8) is 0 Å². The number of nitrogens with zero attached hydrogens (tertiary/aromatic N) is 2. The summed E-state index contributed by atoms with van der Waals surface area (Å²) >= 11 is 1.27. The number of primary amides is 1. The Labute approximate surface area is 199 Å². The van der Waals surface area contributed by atoms with Crippen molar-refractivity contribution in [3.05, 3.63) is 88.1 Å². The van der Waals surface area contributed by atoms with Crippen LogP contribution in [0.15, 0.2) is 72.1 Å². The lowest BCUT2D eigenvalue weighted by Crippen LogP contribution is -2.28. The molecule has 0 fully saturated rings. The number of nitrogens with one attached hydrogen (secondary N) is 2. The van der Waals surface area contributed by atoms with E-state index in [9.17, 15) is 20.0 Å². The first-order valence-electron chi connectivity index (χ1n) is 10.2. The van der Waals surface area contributed by atoms with Gasteiger partial charge in [0.2, 0.25) is 0 Å². The minimum Gasteiger partial charge on any atom is -0.507 e. The van der Waals surface area contributed by atoms with Gasteiger partial charge in [0.1, 0.15) is 17.4 Å².